The molecule has 12 heteroatoms. The van der Waals surface area contributed by atoms with Crippen molar-refractivity contribution in [2.45, 2.75) is 38.3 Å². The van der Waals surface area contributed by atoms with E-state index in [9.17, 15) is 24.0 Å². The van der Waals surface area contributed by atoms with Crippen LogP contribution < -0.4 is 5.32 Å². The maximum Gasteiger partial charge on any atom is 0.411 e. The van der Waals surface area contributed by atoms with Gasteiger partial charge in [0.2, 0.25) is 0 Å². The molecule has 0 aromatic heterocycles. The molecule has 2 aromatic carbocycles. The number of nitrogens with one attached hydrogen (secondary N) is 2. The van der Waals surface area contributed by atoms with Crippen LogP contribution in [0.15, 0.2) is 48.5 Å². The number of piperidine rings is 1. The predicted molar refractivity (Wildman–Crippen MR) is 146 cm³/mol. The van der Waals surface area contributed by atoms with Gasteiger partial charge in [0.15, 0.2) is 0 Å². The summed E-state index contributed by atoms with van der Waals surface area (Å²) in [5, 5.41) is 10.8. The molecule has 0 radical (unpaired) electrons. The molecule has 2 N–H and O–H groups in total. The molecular formula is C29H31N5O7. The number of imide groups is 1. The summed E-state index contributed by atoms with van der Waals surface area (Å²) in [6.07, 6.45) is 1.54. The molecule has 12 nitrogen and oxygen atoms in total. The van der Waals surface area contributed by atoms with Crippen molar-refractivity contribution in [1.82, 2.24) is 14.7 Å². The van der Waals surface area contributed by atoms with E-state index in [2.05, 4.69) is 5.32 Å². The normalized spacial score (nSPS) is 19.0. The van der Waals surface area contributed by atoms with E-state index in [1.165, 1.54) is 18.2 Å². The van der Waals surface area contributed by atoms with Crippen molar-refractivity contribution in [3.05, 3.63) is 65.2 Å². The van der Waals surface area contributed by atoms with E-state index in [0.29, 0.717) is 0 Å². The zero-order valence-electron chi connectivity index (χ0n) is 22.5. The molecule has 214 valence electrons. The highest BCUT2D eigenvalue weighted by molar-refractivity contribution is 6.26. The van der Waals surface area contributed by atoms with Gasteiger partial charge < -0.3 is 9.47 Å². The fourth-order valence-electron chi connectivity index (χ4n) is 5.31. The lowest BCUT2D eigenvalue weighted by atomic mass is 10.0. The number of likely N-dealkylation sites (tertiary alicyclic amines) is 2. The van der Waals surface area contributed by atoms with Gasteiger partial charge in [-0.2, -0.15) is 0 Å². The standard InChI is InChI=1S/C29H31N5O7/c30-23-12-11-22(27(37)33(23)15-16-40-24(35)17-32-13-4-5-14-32)34-26(36)20-9-6-10-21(25(20)28(34)38)31-29(39)41-18-19-7-2-1-3-8-19/h1-3,6-10,22,30H,4-5,11-18H2,(H,31,39). The van der Waals surface area contributed by atoms with E-state index >= 15 is 0 Å². The lowest BCUT2D eigenvalue weighted by molar-refractivity contribution is -0.146. The number of benzene rings is 2. The van der Waals surface area contributed by atoms with E-state index < -0.39 is 35.8 Å². The molecule has 3 aliphatic heterocycles. The Morgan fingerprint density at radius 3 is 2.46 bits per heavy atom. The van der Waals surface area contributed by atoms with Gasteiger partial charge in [0, 0.05) is 6.42 Å². The van der Waals surface area contributed by atoms with Crippen LogP contribution in [0.3, 0.4) is 0 Å². The van der Waals surface area contributed by atoms with Crippen LogP contribution in [-0.2, 0) is 25.7 Å². The van der Waals surface area contributed by atoms with Crippen molar-refractivity contribution in [2.75, 3.05) is 38.1 Å². The second-order valence-electron chi connectivity index (χ2n) is 10.1. The first-order valence-corrected chi connectivity index (χ1v) is 13.6. The monoisotopic (exact) mass is 561 g/mol. The minimum Gasteiger partial charge on any atom is -0.463 e. The summed E-state index contributed by atoms with van der Waals surface area (Å²) in [4.78, 5) is 68.9. The summed E-state index contributed by atoms with van der Waals surface area (Å²) in [5.74, 6) is -2.34. The first kappa shape index (κ1) is 28.0. The zero-order valence-corrected chi connectivity index (χ0v) is 22.5. The smallest absolute Gasteiger partial charge is 0.411 e. The molecule has 3 heterocycles. The average Bonchev–Trinajstić information content (AvgIpc) is 3.56. The van der Waals surface area contributed by atoms with Crippen molar-refractivity contribution in [1.29, 1.82) is 5.41 Å². The van der Waals surface area contributed by atoms with Crippen LogP contribution in [0.25, 0.3) is 0 Å². The quantitative estimate of drug-likeness (QED) is 0.351. The molecule has 0 saturated carbocycles. The molecule has 5 rings (SSSR count). The molecule has 4 amide bonds. The fraction of sp³-hybridized carbons (Fsp3) is 0.379. The number of hydrogen-bond acceptors (Lipinski definition) is 9. The van der Waals surface area contributed by atoms with Gasteiger partial charge in [-0.1, -0.05) is 36.4 Å². The molecule has 2 aromatic rings. The first-order chi connectivity index (χ1) is 19.8. The van der Waals surface area contributed by atoms with Crippen LogP contribution in [0.4, 0.5) is 10.5 Å². The van der Waals surface area contributed by atoms with Gasteiger partial charge in [-0.15, -0.1) is 0 Å². The van der Waals surface area contributed by atoms with Gasteiger partial charge in [0.05, 0.1) is 29.9 Å². The number of nitrogens with zero attached hydrogens (tertiary/aromatic N) is 3. The molecule has 3 aliphatic rings. The highest BCUT2D eigenvalue weighted by Crippen LogP contribution is 2.33. The highest BCUT2D eigenvalue weighted by atomic mass is 16.5. The number of rotatable bonds is 9. The van der Waals surface area contributed by atoms with Crippen LogP contribution in [0, 0.1) is 5.41 Å². The number of carbonyl (C=O) groups is 5. The number of fused-ring (bicyclic) bond motifs is 1. The molecule has 0 spiro atoms. The topological polar surface area (TPSA) is 149 Å². The number of hydrogen-bond donors (Lipinski definition) is 2. The number of anilines is 1. The van der Waals surface area contributed by atoms with E-state index in [4.69, 9.17) is 14.9 Å². The first-order valence-electron chi connectivity index (χ1n) is 13.6. The Kier molecular flexibility index (Phi) is 8.39. The number of carbonyl (C=O) groups excluding carboxylic acids is 5. The third-order valence-electron chi connectivity index (χ3n) is 7.37. The van der Waals surface area contributed by atoms with Crippen LogP contribution in [0.1, 0.15) is 52.0 Å². The lowest BCUT2D eigenvalue weighted by Crippen LogP contribution is -2.56. The van der Waals surface area contributed by atoms with E-state index in [0.717, 1.165) is 41.3 Å². The summed E-state index contributed by atoms with van der Waals surface area (Å²) in [7, 11) is 0. The molecule has 1 unspecified atom stereocenters. The molecule has 0 bridgehead atoms. The van der Waals surface area contributed by atoms with Crippen molar-refractivity contribution in [3.8, 4) is 0 Å². The fourth-order valence-corrected chi connectivity index (χ4v) is 5.31. The Morgan fingerprint density at radius 1 is 0.951 bits per heavy atom. The van der Waals surface area contributed by atoms with Crippen molar-refractivity contribution in [3.63, 3.8) is 0 Å². The predicted octanol–water partition coefficient (Wildman–Crippen LogP) is 2.64. The van der Waals surface area contributed by atoms with E-state index in [-0.39, 0.29) is 61.8 Å². The third kappa shape index (κ3) is 6.12. The van der Waals surface area contributed by atoms with Gasteiger partial charge in [0.1, 0.15) is 25.1 Å². The summed E-state index contributed by atoms with van der Waals surface area (Å²) in [5.41, 5.74) is 0.918. The molecule has 41 heavy (non-hydrogen) atoms. The van der Waals surface area contributed by atoms with Crippen LogP contribution in [0.2, 0.25) is 0 Å². The van der Waals surface area contributed by atoms with Crippen LogP contribution in [-0.4, -0.2) is 89.1 Å². The Labute approximate surface area is 236 Å². The van der Waals surface area contributed by atoms with Gasteiger partial charge in [-0.05, 0) is 50.0 Å². The van der Waals surface area contributed by atoms with Crippen molar-refractivity contribution in [2.24, 2.45) is 0 Å². The second-order valence-corrected chi connectivity index (χ2v) is 10.1. The van der Waals surface area contributed by atoms with Crippen molar-refractivity contribution < 1.29 is 33.4 Å². The van der Waals surface area contributed by atoms with Gasteiger partial charge in [0.25, 0.3) is 17.7 Å². The largest absolute Gasteiger partial charge is 0.463 e. The highest BCUT2D eigenvalue weighted by Gasteiger charge is 2.47. The minimum absolute atomic E-state index is 0.0205. The third-order valence-corrected chi connectivity index (χ3v) is 7.37. The summed E-state index contributed by atoms with van der Waals surface area (Å²) in [6, 6.07) is 12.4. The molecular weight excluding hydrogens is 530 g/mol. The maximum absolute atomic E-state index is 13.5. The molecule has 0 aliphatic carbocycles. The van der Waals surface area contributed by atoms with Crippen molar-refractivity contribution >= 4 is 41.3 Å². The minimum atomic E-state index is -1.13. The van der Waals surface area contributed by atoms with Crippen LogP contribution in [0.5, 0.6) is 0 Å². The Morgan fingerprint density at radius 2 is 1.71 bits per heavy atom. The SMILES string of the molecule is N=C1CCC(N2C(=O)c3cccc(NC(=O)OCc4ccccc4)c3C2=O)C(=O)N1CCOC(=O)CN1CCCC1. The molecule has 2 saturated heterocycles. The second kappa shape index (κ2) is 12.3. The van der Waals surface area contributed by atoms with Gasteiger partial charge in [-0.25, -0.2) is 4.79 Å². The van der Waals surface area contributed by atoms with E-state index in [1.807, 2.05) is 23.1 Å². The average molecular weight is 562 g/mol. The Hall–Kier alpha value is -4.58. The number of ether oxygens (including phenoxy) is 2. The number of amidine groups is 1. The molecule has 1 atom stereocenters. The summed E-state index contributed by atoms with van der Waals surface area (Å²) < 4.78 is 10.5. The van der Waals surface area contributed by atoms with Gasteiger partial charge >= 0.3 is 12.1 Å². The molecule has 2 fully saturated rings. The number of amides is 4. The van der Waals surface area contributed by atoms with Gasteiger partial charge in [-0.3, -0.25) is 44.6 Å². The number of esters is 1. The Bertz CT molecular complexity index is 1370. The van der Waals surface area contributed by atoms with Crippen LogP contribution >= 0.6 is 0 Å². The zero-order chi connectivity index (χ0) is 28.9. The Balaban J connectivity index is 1.22. The maximum atomic E-state index is 13.5. The van der Waals surface area contributed by atoms with E-state index in [1.54, 1.807) is 12.1 Å². The summed E-state index contributed by atoms with van der Waals surface area (Å²) in [6.45, 7) is 1.74. The summed E-state index contributed by atoms with van der Waals surface area (Å²) >= 11 is 0. The lowest BCUT2D eigenvalue weighted by Gasteiger charge is -2.36.